The van der Waals surface area contributed by atoms with Gasteiger partial charge in [-0.25, -0.2) is 0 Å². The lowest BCUT2D eigenvalue weighted by molar-refractivity contribution is 0.978. The summed E-state index contributed by atoms with van der Waals surface area (Å²) in [6, 6.07) is 0. The van der Waals surface area contributed by atoms with E-state index in [1.54, 1.807) is 11.8 Å². The molecule has 1 rings (SSSR count). The molecule has 1 nitrogen and oxygen atoms in total. The predicted molar refractivity (Wildman–Crippen MR) is 42.9 cm³/mol. The number of aliphatic imine (C=N–C) groups is 1. The van der Waals surface area contributed by atoms with E-state index in [4.69, 9.17) is 0 Å². The second kappa shape index (κ2) is 2.78. The van der Waals surface area contributed by atoms with E-state index >= 15 is 0 Å². The Bertz CT molecular complexity index is 111. The summed E-state index contributed by atoms with van der Waals surface area (Å²) in [4.78, 5) is 4.28. The van der Waals surface area contributed by atoms with Gasteiger partial charge in [0.25, 0.3) is 0 Å². The summed E-state index contributed by atoms with van der Waals surface area (Å²) in [5.41, 5.74) is 0. The summed E-state index contributed by atoms with van der Waals surface area (Å²) in [7, 11) is 0. The van der Waals surface area contributed by atoms with Gasteiger partial charge in [0.15, 0.2) is 0 Å². The van der Waals surface area contributed by atoms with Crippen LogP contribution in [-0.4, -0.2) is 22.4 Å². The van der Waals surface area contributed by atoms with E-state index in [9.17, 15) is 0 Å². The smallest absolute Gasteiger partial charge is 0.124 e. The molecule has 0 unspecified atom stereocenters. The van der Waals surface area contributed by atoms with Crippen molar-refractivity contribution in [3.8, 4) is 0 Å². The van der Waals surface area contributed by atoms with Crippen molar-refractivity contribution in [1.82, 2.24) is 0 Å². The fourth-order valence-corrected chi connectivity index (χ4v) is 2.29. The summed E-state index contributed by atoms with van der Waals surface area (Å²) in [6.07, 6.45) is 2.07. The molecule has 0 aromatic carbocycles. The largest absolute Gasteiger partial charge is 0.271 e. The van der Waals surface area contributed by atoms with Crippen molar-refractivity contribution in [1.29, 1.82) is 0 Å². The Morgan fingerprint density at radius 3 is 2.88 bits per heavy atom. The Labute approximate surface area is 58.3 Å². The molecule has 0 saturated carbocycles. The topological polar surface area (TPSA) is 12.4 Å². The molecule has 0 saturated heterocycles. The molecular weight excluding hydrogens is 138 g/mol. The van der Waals surface area contributed by atoms with Crippen LogP contribution in [0.2, 0.25) is 0 Å². The van der Waals surface area contributed by atoms with Gasteiger partial charge >= 0.3 is 0 Å². The average Bonchev–Trinajstić information content (AvgIpc) is 2.14. The Kier molecular flexibility index (Phi) is 2.26. The molecule has 0 bridgehead atoms. The lowest BCUT2D eigenvalue weighted by atomic mass is 10.5. The Morgan fingerprint density at radius 2 is 2.62 bits per heavy atom. The molecule has 3 heteroatoms. The van der Waals surface area contributed by atoms with Gasteiger partial charge in [0, 0.05) is 5.25 Å². The van der Waals surface area contributed by atoms with E-state index in [0.717, 1.165) is 11.8 Å². The number of rotatable bonds is 0. The normalized spacial score (nSPS) is 28.2. The molecule has 0 radical (unpaired) electrons. The molecule has 46 valence electrons. The van der Waals surface area contributed by atoms with E-state index in [-0.39, 0.29) is 0 Å². The van der Waals surface area contributed by atoms with Gasteiger partial charge in [-0.15, -0.1) is 11.8 Å². The molecule has 0 aromatic heterocycles. The minimum absolute atomic E-state index is 0.720. The summed E-state index contributed by atoms with van der Waals surface area (Å²) >= 11 is 3.63. The first-order valence-electron chi connectivity index (χ1n) is 2.58. The predicted octanol–water partition coefficient (Wildman–Crippen LogP) is 1.84. The van der Waals surface area contributed by atoms with Crippen LogP contribution in [0.5, 0.6) is 0 Å². The van der Waals surface area contributed by atoms with Crippen LogP contribution in [0.25, 0.3) is 0 Å². The zero-order valence-electron chi connectivity index (χ0n) is 5.05. The summed E-state index contributed by atoms with van der Waals surface area (Å²) in [6.45, 7) is 3.22. The van der Waals surface area contributed by atoms with Crippen molar-refractivity contribution in [2.45, 2.75) is 12.2 Å². The number of hydrogen-bond donors (Lipinski definition) is 0. The summed E-state index contributed by atoms with van der Waals surface area (Å²) in [5.74, 6) is 0. The quantitative estimate of drug-likeness (QED) is 0.518. The van der Waals surface area contributed by atoms with E-state index < -0.39 is 0 Å². The van der Waals surface area contributed by atoms with Gasteiger partial charge in [0.1, 0.15) is 4.38 Å². The molecule has 0 amide bonds. The molecule has 0 aliphatic carbocycles. The van der Waals surface area contributed by atoms with Crippen LogP contribution in [0.3, 0.4) is 0 Å². The van der Waals surface area contributed by atoms with E-state index in [0.29, 0.717) is 0 Å². The van der Waals surface area contributed by atoms with E-state index in [1.165, 1.54) is 4.38 Å². The monoisotopic (exact) mass is 147 g/mol. The summed E-state index contributed by atoms with van der Waals surface area (Å²) in [5, 5.41) is 0.720. The van der Waals surface area contributed by atoms with Crippen LogP contribution in [-0.2, 0) is 0 Å². The molecule has 0 N–H and O–H groups in total. The average molecular weight is 147 g/mol. The van der Waals surface area contributed by atoms with Gasteiger partial charge in [0.2, 0.25) is 0 Å². The number of hydrogen-bond acceptors (Lipinski definition) is 3. The fraction of sp³-hybridized carbons (Fsp3) is 0.800. The molecule has 1 atom stereocenters. The van der Waals surface area contributed by atoms with Gasteiger partial charge in [-0.3, -0.25) is 4.99 Å². The molecule has 0 fully saturated rings. The van der Waals surface area contributed by atoms with Gasteiger partial charge in [0.05, 0.1) is 6.54 Å². The van der Waals surface area contributed by atoms with Crippen molar-refractivity contribution in [3.63, 3.8) is 0 Å². The van der Waals surface area contributed by atoms with Crippen LogP contribution >= 0.6 is 23.5 Å². The zero-order valence-corrected chi connectivity index (χ0v) is 6.68. The van der Waals surface area contributed by atoms with Gasteiger partial charge in [-0.1, -0.05) is 18.7 Å². The molecule has 0 spiro atoms. The highest BCUT2D eigenvalue weighted by Gasteiger charge is 2.12. The third-order valence-electron chi connectivity index (χ3n) is 0.954. The third kappa shape index (κ3) is 1.42. The lowest BCUT2D eigenvalue weighted by Crippen LogP contribution is -1.92. The molecule has 1 heterocycles. The first-order chi connectivity index (χ1) is 3.83. The maximum absolute atomic E-state index is 4.28. The number of thioether (sulfide) groups is 2. The highest BCUT2D eigenvalue weighted by atomic mass is 32.2. The maximum Gasteiger partial charge on any atom is 0.124 e. The SMILES string of the molecule is CSC1=NC[C@H](C)S1. The highest BCUT2D eigenvalue weighted by molar-refractivity contribution is 8.39. The van der Waals surface area contributed by atoms with Gasteiger partial charge in [-0.05, 0) is 6.26 Å². The van der Waals surface area contributed by atoms with E-state index in [1.807, 2.05) is 11.8 Å². The summed E-state index contributed by atoms with van der Waals surface area (Å²) < 4.78 is 1.25. The Hall–Kier alpha value is 0.370. The number of nitrogens with zero attached hydrogens (tertiary/aromatic N) is 1. The Morgan fingerprint density at radius 1 is 1.88 bits per heavy atom. The Balaban J connectivity index is 2.37. The molecule has 1 aliphatic rings. The van der Waals surface area contributed by atoms with Crippen LogP contribution in [0, 0.1) is 0 Å². The highest BCUT2D eigenvalue weighted by Crippen LogP contribution is 2.25. The van der Waals surface area contributed by atoms with Crippen molar-refractivity contribution in [2.24, 2.45) is 4.99 Å². The van der Waals surface area contributed by atoms with Crippen LogP contribution < -0.4 is 0 Å². The van der Waals surface area contributed by atoms with Crippen LogP contribution in [0.15, 0.2) is 4.99 Å². The van der Waals surface area contributed by atoms with Gasteiger partial charge in [-0.2, -0.15) is 0 Å². The first-order valence-corrected chi connectivity index (χ1v) is 4.68. The first kappa shape index (κ1) is 6.49. The second-order valence-electron chi connectivity index (χ2n) is 1.74. The van der Waals surface area contributed by atoms with E-state index in [2.05, 4.69) is 18.2 Å². The fourth-order valence-electron chi connectivity index (χ4n) is 0.562. The minimum Gasteiger partial charge on any atom is -0.271 e. The molecule has 0 aromatic rings. The van der Waals surface area contributed by atoms with Crippen molar-refractivity contribution in [3.05, 3.63) is 0 Å². The standard InChI is InChI=1S/C5H9NS2/c1-4-3-6-5(7-2)8-4/h4H,3H2,1-2H3/t4-/m0/s1. The third-order valence-corrected chi connectivity index (χ3v) is 3.10. The minimum atomic E-state index is 0.720. The molecular formula is C5H9NS2. The van der Waals surface area contributed by atoms with Gasteiger partial charge < -0.3 is 0 Å². The maximum atomic E-state index is 4.28. The van der Waals surface area contributed by atoms with Crippen LogP contribution in [0.1, 0.15) is 6.92 Å². The van der Waals surface area contributed by atoms with Crippen molar-refractivity contribution < 1.29 is 0 Å². The zero-order chi connectivity index (χ0) is 5.98. The second-order valence-corrected chi connectivity index (χ2v) is 4.22. The molecule has 8 heavy (non-hydrogen) atoms. The molecule has 1 aliphatic heterocycles. The van der Waals surface area contributed by atoms with Crippen molar-refractivity contribution >= 4 is 27.9 Å². The van der Waals surface area contributed by atoms with Crippen LogP contribution in [0.4, 0.5) is 0 Å². The van der Waals surface area contributed by atoms with Crippen molar-refractivity contribution in [2.75, 3.05) is 12.8 Å². The lowest BCUT2D eigenvalue weighted by Gasteiger charge is -1.94.